The first kappa shape index (κ1) is 13.2. The lowest BCUT2D eigenvalue weighted by atomic mass is 9.94. The van der Waals surface area contributed by atoms with Crippen LogP contribution in [0.2, 0.25) is 0 Å². The van der Waals surface area contributed by atoms with E-state index >= 15 is 0 Å². The molecular formula is C12H20BrNS. The number of hydrogen-bond acceptors (Lipinski definition) is 2. The van der Waals surface area contributed by atoms with Crippen molar-refractivity contribution in [1.82, 2.24) is 4.98 Å². The van der Waals surface area contributed by atoms with Gasteiger partial charge in [-0.2, -0.15) is 0 Å². The minimum absolute atomic E-state index is 0.801. The predicted molar refractivity (Wildman–Crippen MR) is 71.9 cm³/mol. The average Bonchev–Trinajstić information content (AvgIpc) is 2.58. The van der Waals surface area contributed by atoms with Gasteiger partial charge in [-0.3, -0.25) is 0 Å². The highest BCUT2D eigenvalue weighted by Crippen LogP contribution is 2.22. The molecule has 1 aromatic rings. The summed E-state index contributed by atoms with van der Waals surface area (Å²) >= 11 is 5.41. The molecule has 1 aromatic heterocycles. The standard InChI is InChI=1S/C12H20BrNS/c1-9(2)6-11(7-13)4-5-12-10(3)14-8-15-12/h8-9,11H,4-7H2,1-3H3. The first-order valence-corrected chi connectivity index (χ1v) is 7.58. The van der Waals surface area contributed by atoms with Crippen LogP contribution in [0.1, 0.15) is 37.3 Å². The van der Waals surface area contributed by atoms with E-state index in [2.05, 4.69) is 41.7 Å². The second-order valence-electron chi connectivity index (χ2n) is 4.55. The number of nitrogens with zero attached hydrogens (tertiary/aromatic N) is 1. The smallest absolute Gasteiger partial charge is 0.0797 e. The zero-order valence-electron chi connectivity index (χ0n) is 9.79. The molecule has 0 aromatic carbocycles. The Labute approximate surface area is 105 Å². The maximum Gasteiger partial charge on any atom is 0.0797 e. The van der Waals surface area contributed by atoms with Crippen molar-refractivity contribution in [2.75, 3.05) is 5.33 Å². The second-order valence-corrected chi connectivity index (χ2v) is 6.14. The predicted octanol–water partition coefficient (Wildman–Crippen LogP) is 4.44. The van der Waals surface area contributed by atoms with Crippen LogP contribution in [0.3, 0.4) is 0 Å². The van der Waals surface area contributed by atoms with Crippen LogP contribution >= 0.6 is 27.3 Å². The number of aromatic nitrogens is 1. The molecule has 1 nitrogen and oxygen atoms in total. The molecule has 0 bridgehead atoms. The molecule has 86 valence electrons. The summed E-state index contributed by atoms with van der Waals surface area (Å²) in [5, 5.41) is 1.13. The van der Waals surface area contributed by atoms with Crippen LogP contribution in [0.4, 0.5) is 0 Å². The Balaban J connectivity index is 2.37. The van der Waals surface area contributed by atoms with E-state index in [1.54, 1.807) is 11.3 Å². The van der Waals surface area contributed by atoms with E-state index in [0.29, 0.717) is 0 Å². The molecule has 1 unspecified atom stereocenters. The zero-order chi connectivity index (χ0) is 11.3. The molecule has 0 aliphatic carbocycles. The summed E-state index contributed by atoms with van der Waals surface area (Å²) in [7, 11) is 0. The Morgan fingerprint density at radius 2 is 2.20 bits per heavy atom. The number of thiazole rings is 1. The van der Waals surface area contributed by atoms with E-state index in [-0.39, 0.29) is 0 Å². The summed E-state index contributed by atoms with van der Waals surface area (Å²) in [5.41, 5.74) is 3.17. The summed E-state index contributed by atoms with van der Waals surface area (Å²) in [6, 6.07) is 0. The molecule has 0 aliphatic rings. The van der Waals surface area contributed by atoms with E-state index in [9.17, 15) is 0 Å². The molecular weight excluding hydrogens is 270 g/mol. The maximum atomic E-state index is 4.29. The molecule has 3 heteroatoms. The van der Waals surface area contributed by atoms with Crippen molar-refractivity contribution in [1.29, 1.82) is 0 Å². The molecule has 0 spiro atoms. The van der Waals surface area contributed by atoms with Crippen molar-refractivity contribution in [2.24, 2.45) is 11.8 Å². The van der Waals surface area contributed by atoms with E-state index in [4.69, 9.17) is 0 Å². The molecule has 1 heterocycles. The van der Waals surface area contributed by atoms with Crippen molar-refractivity contribution < 1.29 is 0 Å². The molecule has 0 fully saturated rings. The van der Waals surface area contributed by atoms with Gasteiger partial charge < -0.3 is 0 Å². The fourth-order valence-electron chi connectivity index (χ4n) is 1.83. The Morgan fingerprint density at radius 3 is 2.67 bits per heavy atom. The van der Waals surface area contributed by atoms with E-state index in [1.807, 2.05) is 5.51 Å². The van der Waals surface area contributed by atoms with Gasteiger partial charge in [0.25, 0.3) is 0 Å². The van der Waals surface area contributed by atoms with E-state index in [0.717, 1.165) is 17.2 Å². The normalized spacial score (nSPS) is 13.4. The molecule has 0 aliphatic heterocycles. The summed E-state index contributed by atoms with van der Waals surface area (Å²) in [5.74, 6) is 1.61. The monoisotopic (exact) mass is 289 g/mol. The summed E-state index contributed by atoms with van der Waals surface area (Å²) in [4.78, 5) is 5.75. The van der Waals surface area contributed by atoms with Gasteiger partial charge in [0.2, 0.25) is 0 Å². The third kappa shape index (κ3) is 4.64. The van der Waals surface area contributed by atoms with Gasteiger partial charge >= 0.3 is 0 Å². The van der Waals surface area contributed by atoms with Gasteiger partial charge in [0, 0.05) is 10.2 Å². The summed E-state index contributed by atoms with van der Waals surface area (Å²) in [6.45, 7) is 6.71. The Kier molecular flexibility index (Phi) is 5.83. The van der Waals surface area contributed by atoms with Crippen LogP contribution in [0, 0.1) is 18.8 Å². The van der Waals surface area contributed by atoms with Gasteiger partial charge in [-0.05, 0) is 38.0 Å². The topological polar surface area (TPSA) is 12.9 Å². The molecule has 0 saturated carbocycles. The molecule has 0 N–H and O–H groups in total. The molecule has 1 rings (SSSR count). The lowest BCUT2D eigenvalue weighted by Crippen LogP contribution is -2.07. The molecule has 0 radical (unpaired) electrons. The highest BCUT2D eigenvalue weighted by atomic mass is 79.9. The van der Waals surface area contributed by atoms with Gasteiger partial charge in [-0.25, -0.2) is 4.98 Å². The SMILES string of the molecule is Cc1ncsc1CCC(CBr)CC(C)C. The van der Waals surface area contributed by atoms with Crippen LogP contribution in [0.25, 0.3) is 0 Å². The van der Waals surface area contributed by atoms with E-state index in [1.165, 1.54) is 29.8 Å². The molecule has 1 atom stereocenters. The van der Waals surface area contributed by atoms with Crippen molar-refractivity contribution in [3.63, 3.8) is 0 Å². The van der Waals surface area contributed by atoms with Crippen LogP contribution in [-0.2, 0) is 6.42 Å². The maximum absolute atomic E-state index is 4.29. The van der Waals surface area contributed by atoms with Gasteiger partial charge in [0.15, 0.2) is 0 Å². The fourth-order valence-corrected chi connectivity index (χ4v) is 3.21. The lowest BCUT2D eigenvalue weighted by Gasteiger charge is -2.15. The van der Waals surface area contributed by atoms with Gasteiger partial charge in [0.1, 0.15) is 0 Å². The lowest BCUT2D eigenvalue weighted by molar-refractivity contribution is 0.424. The molecule has 15 heavy (non-hydrogen) atoms. The number of rotatable bonds is 6. The highest BCUT2D eigenvalue weighted by Gasteiger charge is 2.11. The van der Waals surface area contributed by atoms with E-state index < -0.39 is 0 Å². The van der Waals surface area contributed by atoms with Gasteiger partial charge in [-0.15, -0.1) is 11.3 Å². The molecule has 0 saturated heterocycles. The summed E-state index contributed by atoms with van der Waals surface area (Å²) < 4.78 is 0. The van der Waals surface area contributed by atoms with Crippen LogP contribution < -0.4 is 0 Å². The van der Waals surface area contributed by atoms with Gasteiger partial charge in [-0.1, -0.05) is 29.8 Å². The van der Waals surface area contributed by atoms with Crippen molar-refractivity contribution >= 4 is 27.3 Å². The summed E-state index contributed by atoms with van der Waals surface area (Å²) in [6.07, 6.45) is 3.80. The second kappa shape index (κ2) is 6.64. The largest absolute Gasteiger partial charge is 0.250 e. The van der Waals surface area contributed by atoms with Crippen molar-refractivity contribution in [3.8, 4) is 0 Å². The zero-order valence-corrected chi connectivity index (χ0v) is 12.2. The Bertz CT molecular complexity index is 283. The number of halogens is 1. The third-order valence-corrected chi connectivity index (χ3v) is 4.56. The first-order valence-electron chi connectivity index (χ1n) is 5.58. The van der Waals surface area contributed by atoms with Crippen molar-refractivity contribution in [2.45, 2.75) is 40.0 Å². The van der Waals surface area contributed by atoms with Crippen LogP contribution in [-0.4, -0.2) is 10.3 Å². The van der Waals surface area contributed by atoms with Gasteiger partial charge in [0.05, 0.1) is 11.2 Å². The number of aryl methyl sites for hydroxylation is 2. The Morgan fingerprint density at radius 1 is 1.47 bits per heavy atom. The minimum atomic E-state index is 0.801. The first-order chi connectivity index (χ1) is 7.13. The third-order valence-electron chi connectivity index (χ3n) is 2.65. The van der Waals surface area contributed by atoms with Crippen LogP contribution in [0.15, 0.2) is 5.51 Å². The minimum Gasteiger partial charge on any atom is -0.250 e. The highest BCUT2D eigenvalue weighted by molar-refractivity contribution is 9.09. The van der Waals surface area contributed by atoms with Crippen molar-refractivity contribution in [3.05, 3.63) is 16.1 Å². The quantitative estimate of drug-likeness (QED) is 0.706. The molecule has 0 amide bonds. The number of hydrogen-bond donors (Lipinski definition) is 0. The van der Waals surface area contributed by atoms with Crippen LogP contribution in [0.5, 0.6) is 0 Å². The number of alkyl halides is 1. The Hall–Kier alpha value is 0.110. The fraction of sp³-hybridized carbons (Fsp3) is 0.750. The average molecular weight is 290 g/mol.